The Morgan fingerprint density at radius 2 is 1.75 bits per heavy atom. The Morgan fingerprint density at radius 1 is 1.20 bits per heavy atom. The van der Waals surface area contributed by atoms with Gasteiger partial charge in [-0.05, 0) is 6.92 Å². The van der Waals surface area contributed by atoms with E-state index >= 15 is 0 Å². The summed E-state index contributed by atoms with van der Waals surface area (Å²) in [6.45, 7) is 2.94. The summed E-state index contributed by atoms with van der Waals surface area (Å²) in [5.74, 6) is 0.849. The molecule has 1 aromatic rings. The van der Waals surface area contributed by atoms with Crippen molar-refractivity contribution >= 4 is 17.3 Å². The number of nitrogens with zero attached hydrogens (tertiary/aromatic N) is 6. The minimum absolute atomic E-state index is 0.0142. The largest absolute Gasteiger partial charge is 0.395 e. The van der Waals surface area contributed by atoms with E-state index in [1.54, 1.807) is 4.90 Å². The molecule has 1 aromatic heterocycles. The Bertz CT molecular complexity index is 504. The highest BCUT2D eigenvalue weighted by Crippen LogP contribution is 2.28. The molecule has 0 aliphatic carbocycles. The molecule has 1 rings (SSSR count). The van der Waals surface area contributed by atoms with Gasteiger partial charge in [0.25, 0.3) is 0 Å². The first-order valence-electron chi connectivity index (χ1n) is 6.14. The van der Waals surface area contributed by atoms with Gasteiger partial charge < -0.3 is 20.6 Å². The molecule has 1 heterocycles. The zero-order valence-electron chi connectivity index (χ0n) is 11.3. The van der Waals surface area contributed by atoms with Crippen LogP contribution in [0.25, 0.3) is 0 Å². The molecule has 0 aliphatic heterocycles. The third-order valence-corrected chi connectivity index (χ3v) is 2.72. The smallest absolute Gasteiger partial charge is 0.159 e. The lowest BCUT2D eigenvalue weighted by Gasteiger charge is -2.25. The SMILES string of the molecule is CCN(CCO)c1ncnc(N(CC#N)CC#N)c1N. The van der Waals surface area contributed by atoms with E-state index in [9.17, 15) is 0 Å². The molecule has 0 aromatic carbocycles. The average Bonchev–Trinajstić information content (AvgIpc) is 2.45. The number of aliphatic hydroxyl groups excluding tert-OH is 1. The fourth-order valence-corrected chi connectivity index (χ4v) is 1.79. The monoisotopic (exact) mass is 275 g/mol. The first kappa shape index (κ1) is 15.5. The molecule has 3 N–H and O–H groups in total. The number of nitrogen functional groups attached to an aromatic ring is 1. The Balaban J connectivity index is 3.17. The van der Waals surface area contributed by atoms with Gasteiger partial charge in [0.1, 0.15) is 25.1 Å². The molecular formula is C12H17N7O. The lowest BCUT2D eigenvalue weighted by Crippen LogP contribution is -2.30. The summed E-state index contributed by atoms with van der Waals surface area (Å²) in [4.78, 5) is 11.5. The quantitative estimate of drug-likeness (QED) is 0.651. The lowest BCUT2D eigenvalue weighted by molar-refractivity contribution is 0.302. The highest BCUT2D eigenvalue weighted by Gasteiger charge is 2.17. The van der Waals surface area contributed by atoms with Crippen molar-refractivity contribution < 1.29 is 5.11 Å². The van der Waals surface area contributed by atoms with Gasteiger partial charge in [-0.2, -0.15) is 10.5 Å². The fourth-order valence-electron chi connectivity index (χ4n) is 1.79. The van der Waals surface area contributed by atoms with Gasteiger partial charge in [-0.15, -0.1) is 0 Å². The maximum Gasteiger partial charge on any atom is 0.159 e. The van der Waals surface area contributed by atoms with Crippen molar-refractivity contribution in [2.24, 2.45) is 0 Å². The van der Waals surface area contributed by atoms with Crippen LogP contribution in [0.4, 0.5) is 17.3 Å². The van der Waals surface area contributed by atoms with Crippen molar-refractivity contribution in [2.75, 3.05) is 48.3 Å². The lowest BCUT2D eigenvalue weighted by atomic mass is 10.3. The molecule has 0 fully saturated rings. The standard InChI is InChI=1S/C12H17N7O/c1-2-18(7-8-20)11-10(15)12(17-9-16-11)19(5-3-13)6-4-14/h9,20H,2,5-8,15H2,1H3. The number of hydrogen-bond donors (Lipinski definition) is 2. The molecule has 106 valence electrons. The number of anilines is 3. The van der Waals surface area contributed by atoms with Crippen molar-refractivity contribution in [3.8, 4) is 12.1 Å². The van der Waals surface area contributed by atoms with E-state index in [1.807, 2.05) is 19.1 Å². The van der Waals surface area contributed by atoms with Gasteiger partial charge in [0.05, 0.1) is 18.7 Å². The van der Waals surface area contributed by atoms with Crippen molar-refractivity contribution in [3.63, 3.8) is 0 Å². The fraction of sp³-hybridized carbons (Fsp3) is 0.500. The number of rotatable bonds is 7. The van der Waals surface area contributed by atoms with Crippen molar-refractivity contribution in [3.05, 3.63) is 6.33 Å². The summed E-state index contributed by atoms with van der Waals surface area (Å²) < 4.78 is 0. The van der Waals surface area contributed by atoms with E-state index in [0.29, 0.717) is 30.4 Å². The molecule has 8 heteroatoms. The third kappa shape index (κ3) is 3.46. The predicted molar refractivity (Wildman–Crippen MR) is 74.9 cm³/mol. The highest BCUT2D eigenvalue weighted by molar-refractivity contribution is 5.76. The van der Waals surface area contributed by atoms with Crippen LogP contribution in [-0.4, -0.2) is 47.9 Å². The molecule has 0 unspecified atom stereocenters. The van der Waals surface area contributed by atoms with Crippen LogP contribution in [0.5, 0.6) is 0 Å². The molecule has 0 amide bonds. The summed E-state index contributed by atoms with van der Waals surface area (Å²) in [5, 5.41) is 26.6. The van der Waals surface area contributed by atoms with Crippen molar-refractivity contribution in [1.82, 2.24) is 9.97 Å². The van der Waals surface area contributed by atoms with Crippen molar-refractivity contribution in [2.45, 2.75) is 6.92 Å². The van der Waals surface area contributed by atoms with Gasteiger partial charge >= 0.3 is 0 Å². The van der Waals surface area contributed by atoms with Crippen LogP contribution in [0.2, 0.25) is 0 Å². The molecule has 8 nitrogen and oxygen atoms in total. The van der Waals surface area contributed by atoms with E-state index in [2.05, 4.69) is 9.97 Å². The summed E-state index contributed by atoms with van der Waals surface area (Å²) >= 11 is 0. The van der Waals surface area contributed by atoms with Gasteiger partial charge in [0.15, 0.2) is 11.6 Å². The van der Waals surface area contributed by atoms with E-state index in [4.69, 9.17) is 21.4 Å². The van der Waals surface area contributed by atoms with Crippen LogP contribution in [0, 0.1) is 22.7 Å². The number of likely N-dealkylation sites (N-methyl/N-ethyl adjacent to an activating group) is 1. The maximum absolute atomic E-state index is 9.04. The molecular weight excluding hydrogens is 258 g/mol. The Morgan fingerprint density at radius 3 is 2.20 bits per heavy atom. The van der Waals surface area contributed by atoms with Gasteiger partial charge in [0.2, 0.25) is 0 Å². The zero-order chi connectivity index (χ0) is 15.0. The molecule has 0 spiro atoms. The van der Waals surface area contributed by atoms with E-state index in [1.165, 1.54) is 11.2 Å². The molecule has 0 radical (unpaired) electrons. The highest BCUT2D eigenvalue weighted by atomic mass is 16.3. The van der Waals surface area contributed by atoms with Crippen LogP contribution in [0.1, 0.15) is 6.92 Å². The maximum atomic E-state index is 9.04. The number of nitriles is 2. The molecule has 0 bridgehead atoms. The molecule has 0 aliphatic rings. The average molecular weight is 275 g/mol. The molecule has 20 heavy (non-hydrogen) atoms. The second-order valence-corrected chi connectivity index (χ2v) is 3.91. The minimum Gasteiger partial charge on any atom is -0.395 e. The number of hydrogen-bond acceptors (Lipinski definition) is 8. The van der Waals surface area contributed by atoms with Gasteiger partial charge in [-0.1, -0.05) is 0 Å². The van der Waals surface area contributed by atoms with Crippen LogP contribution in [0.15, 0.2) is 6.33 Å². The van der Waals surface area contributed by atoms with Crippen LogP contribution < -0.4 is 15.5 Å². The van der Waals surface area contributed by atoms with Crippen LogP contribution in [0.3, 0.4) is 0 Å². The second-order valence-electron chi connectivity index (χ2n) is 3.91. The van der Waals surface area contributed by atoms with Gasteiger partial charge in [-0.3, -0.25) is 0 Å². The van der Waals surface area contributed by atoms with E-state index in [0.717, 1.165) is 0 Å². The van der Waals surface area contributed by atoms with E-state index in [-0.39, 0.29) is 19.7 Å². The first-order chi connectivity index (χ1) is 9.69. The number of aliphatic hydroxyl groups is 1. The molecule has 0 saturated carbocycles. The predicted octanol–water partition coefficient (Wildman–Crippen LogP) is -0.269. The second kappa shape index (κ2) is 7.77. The normalized spacial score (nSPS) is 9.60. The molecule has 0 saturated heterocycles. The summed E-state index contributed by atoms with van der Waals surface area (Å²) in [7, 11) is 0. The summed E-state index contributed by atoms with van der Waals surface area (Å²) in [6, 6.07) is 3.94. The molecule has 0 atom stereocenters. The third-order valence-electron chi connectivity index (χ3n) is 2.72. The number of aromatic nitrogens is 2. The summed E-state index contributed by atoms with van der Waals surface area (Å²) in [5.41, 5.74) is 6.34. The summed E-state index contributed by atoms with van der Waals surface area (Å²) in [6.07, 6.45) is 1.34. The minimum atomic E-state index is -0.0211. The van der Waals surface area contributed by atoms with Gasteiger partial charge in [0, 0.05) is 13.1 Å². The first-order valence-corrected chi connectivity index (χ1v) is 6.14. The Labute approximate surface area is 117 Å². The zero-order valence-corrected chi connectivity index (χ0v) is 11.3. The van der Waals surface area contributed by atoms with Gasteiger partial charge in [-0.25, -0.2) is 9.97 Å². The van der Waals surface area contributed by atoms with Crippen LogP contribution in [-0.2, 0) is 0 Å². The topological polar surface area (TPSA) is 126 Å². The van der Waals surface area contributed by atoms with E-state index < -0.39 is 0 Å². The Hall–Kier alpha value is -2.58. The van der Waals surface area contributed by atoms with Crippen LogP contribution >= 0.6 is 0 Å². The number of nitrogens with two attached hydrogens (primary N) is 1. The Kier molecular flexibility index (Phi) is 6.01. The van der Waals surface area contributed by atoms with Crippen molar-refractivity contribution in [1.29, 1.82) is 10.5 Å².